The van der Waals surface area contributed by atoms with Gasteiger partial charge in [0.05, 0.1) is 6.26 Å². The zero-order valence-electron chi connectivity index (χ0n) is 9.98. The van der Waals surface area contributed by atoms with Crippen molar-refractivity contribution in [2.45, 2.75) is 37.3 Å². The molecule has 7 heteroatoms. The second-order valence-electron chi connectivity index (χ2n) is 5.03. The van der Waals surface area contributed by atoms with Crippen LogP contribution in [0.4, 0.5) is 0 Å². The number of nitrogens with one attached hydrogen (secondary N) is 1. The van der Waals surface area contributed by atoms with E-state index in [-0.39, 0.29) is 5.91 Å². The molecule has 2 aliphatic rings. The van der Waals surface area contributed by atoms with Crippen molar-refractivity contribution in [3.8, 4) is 0 Å². The van der Waals surface area contributed by atoms with Crippen LogP contribution in [0.5, 0.6) is 0 Å². The number of amides is 1. The van der Waals surface area contributed by atoms with Gasteiger partial charge in [0, 0.05) is 19.1 Å². The van der Waals surface area contributed by atoms with Gasteiger partial charge in [-0.15, -0.1) is 0 Å². The Morgan fingerprint density at radius 1 is 1.35 bits per heavy atom. The van der Waals surface area contributed by atoms with Crippen molar-refractivity contribution in [1.29, 1.82) is 0 Å². The molecular weight excluding hydrogens is 242 g/mol. The fraction of sp³-hybridized carbons (Fsp3) is 0.900. The van der Waals surface area contributed by atoms with Gasteiger partial charge in [-0.2, -0.15) is 0 Å². The Hall–Kier alpha value is -0.660. The van der Waals surface area contributed by atoms with Crippen LogP contribution in [0.1, 0.15) is 25.7 Å². The minimum atomic E-state index is -3.16. The van der Waals surface area contributed by atoms with E-state index in [2.05, 4.69) is 5.32 Å². The van der Waals surface area contributed by atoms with Gasteiger partial charge in [0.2, 0.25) is 15.9 Å². The quantitative estimate of drug-likeness (QED) is 0.680. The van der Waals surface area contributed by atoms with Crippen LogP contribution in [0.3, 0.4) is 0 Å². The van der Waals surface area contributed by atoms with E-state index < -0.39 is 15.6 Å². The fourth-order valence-electron chi connectivity index (χ4n) is 2.28. The van der Waals surface area contributed by atoms with Crippen LogP contribution in [0.2, 0.25) is 0 Å². The Balaban J connectivity index is 2.04. The van der Waals surface area contributed by atoms with Gasteiger partial charge in [0.15, 0.2) is 0 Å². The molecule has 0 aromatic carbocycles. The smallest absolute Gasteiger partial charge is 0.237 e. The molecule has 0 atom stereocenters. The maximum atomic E-state index is 11.6. The fourth-order valence-corrected chi connectivity index (χ4v) is 3.13. The Labute approximate surface area is 102 Å². The summed E-state index contributed by atoms with van der Waals surface area (Å²) in [6.45, 7) is 0.725. The predicted molar refractivity (Wildman–Crippen MR) is 63.7 cm³/mol. The Morgan fingerprint density at radius 2 is 1.88 bits per heavy atom. The number of nitrogens with two attached hydrogens (primary N) is 1. The summed E-state index contributed by atoms with van der Waals surface area (Å²) in [6.07, 6.45) is 4.27. The number of carbonyl (C=O) groups is 1. The van der Waals surface area contributed by atoms with E-state index in [0.717, 1.165) is 12.8 Å². The molecule has 1 saturated carbocycles. The number of hydrogen-bond donors (Lipinski definition) is 2. The molecule has 2 rings (SSSR count). The number of sulfonamides is 1. The van der Waals surface area contributed by atoms with Gasteiger partial charge in [0.25, 0.3) is 0 Å². The van der Waals surface area contributed by atoms with Gasteiger partial charge >= 0.3 is 0 Å². The molecule has 0 spiro atoms. The lowest BCUT2D eigenvalue weighted by Gasteiger charge is -2.39. The summed E-state index contributed by atoms with van der Waals surface area (Å²) in [5.41, 5.74) is 4.76. The molecule has 0 bridgehead atoms. The molecule has 0 aromatic rings. The monoisotopic (exact) mass is 261 g/mol. The molecule has 1 aliphatic heterocycles. The van der Waals surface area contributed by atoms with Gasteiger partial charge in [-0.3, -0.25) is 4.79 Å². The second kappa shape index (κ2) is 4.22. The van der Waals surface area contributed by atoms with E-state index in [1.54, 1.807) is 0 Å². The van der Waals surface area contributed by atoms with Crippen LogP contribution >= 0.6 is 0 Å². The number of hydrogen-bond acceptors (Lipinski definition) is 4. The summed E-state index contributed by atoms with van der Waals surface area (Å²) in [5, 5.41) is 3.28. The number of nitrogens with zero attached hydrogens (tertiary/aromatic N) is 1. The molecule has 17 heavy (non-hydrogen) atoms. The van der Waals surface area contributed by atoms with Crippen molar-refractivity contribution in [2.24, 2.45) is 5.73 Å². The Morgan fingerprint density at radius 3 is 2.24 bits per heavy atom. The lowest BCUT2D eigenvalue weighted by Crippen LogP contribution is -2.61. The number of primary amides is 1. The van der Waals surface area contributed by atoms with Crippen LogP contribution in [-0.2, 0) is 14.8 Å². The molecule has 2 fully saturated rings. The van der Waals surface area contributed by atoms with Crippen molar-refractivity contribution in [3.63, 3.8) is 0 Å². The first-order chi connectivity index (χ1) is 7.83. The third-order valence-corrected chi connectivity index (χ3v) is 4.88. The molecule has 3 N–H and O–H groups in total. The van der Waals surface area contributed by atoms with E-state index in [9.17, 15) is 13.2 Å². The molecule has 98 valence electrons. The first-order valence-electron chi connectivity index (χ1n) is 5.86. The van der Waals surface area contributed by atoms with Crippen LogP contribution in [-0.4, -0.2) is 49.6 Å². The highest BCUT2D eigenvalue weighted by Gasteiger charge is 2.44. The summed E-state index contributed by atoms with van der Waals surface area (Å²) in [6, 6.07) is 0.382. The summed E-state index contributed by atoms with van der Waals surface area (Å²) >= 11 is 0. The highest BCUT2D eigenvalue weighted by Crippen LogP contribution is 2.29. The molecule has 0 unspecified atom stereocenters. The summed E-state index contributed by atoms with van der Waals surface area (Å²) in [5.74, 6) is -0.363. The summed E-state index contributed by atoms with van der Waals surface area (Å²) in [4.78, 5) is 11.6. The number of piperidine rings is 1. The maximum absolute atomic E-state index is 11.6. The van der Waals surface area contributed by atoms with Gasteiger partial charge < -0.3 is 11.1 Å². The minimum absolute atomic E-state index is 0.363. The largest absolute Gasteiger partial charge is 0.368 e. The van der Waals surface area contributed by atoms with Crippen LogP contribution in [0, 0.1) is 0 Å². The Bertz CT molecular complexity index is 409. The van der Waals surface area contributed by atoms with Crippen LogP contribution in [0.15, 0.2) is 0 Å². The summed E-state index contributed by atoms with van der Waals surface area (Å²) in [7, 11) is -3.16. The molecule has 0 aromatic heterocycles. The number of rotatable bonds is 4. The Kier molecular flexibility index (Phi) is 3.17. The van der Waals surface area contributed by atoms with Gasteiger partial charge in [-0.1, -0.05) is 0 Å². The van der Waals surface area contributed by atoms with E-state index in [4.69, 9.17) is 5.73 Å². The van der Waals surface area contributed by atoms with E-state index in [1.165, 1.54) is 10.6 Å². The van der Waals surface area contributed by atoms with Crippen molar-refractivity contribution < 1.29 is 13.2 Å². The van der Waals surface area contributed by atoms with Gasteiger partial charge in [-0.05, 0) is 25.7 Å². The molecular formula is C10H19N3O3S. The topological polar surface area (TPSA) is 92.5 Å². The highest BCUT2D eigenvalue weighted by molar-refractivity contribution is 7.88. The number of carbonyl (C=O) groups excluding carboxylic acids is 1. The zero-order valence-corrected chi connectivity index (χ0v) is 10.8. The molecule has 1 heterocycles. The van der Waals surface area contributed by atoms with Crippen LogP contribution in [0.25, 0.3) is 0 Å². The zero-order chi connectivity index (χ0) is 12.7. The molecule has 0 radical (unpaired) electrons. The lowest BCUT2D eigenvalue weighted by atomic mass is 9.87. The van der Waals surface area contributed by atoms with Crippen molar-refractivity contribution in [2.75, 3.05) is 19.3 Å². The average molecular weight is 261 g/mol. The molecule has 1 amide bonds. The van der Waals surface area contributed by atoms with Gasteiger partial charge in [0.1, 0.15) is 5.54 Å². The summed E-state index contributed by atoms with van der Waals surface area (Å²) < 4.78 is 24.2. The molecule has 6 nitrogen and oxygen atoms in total. The predicted octanol–water partition coefficient (Wildman–Crippen LogP) is -0.982. The third-order valence-electron chi connectivity index (χ3n) is 3.57. The SMILES string of the molecule is CS(=O)(=O)N1CCC(NC2CC2)(C(N)=O)CC1. The first-order valence-corrected chi connectivity index (χ1v) is 7.71. The normalized spacial score (nSPS) is 25.7. The molecule has 1 aliphatic carbocycles. The van der Waals surface area contributed by atoms with Crippen molar-refractivity contribution >= 4 is 15.9 Å². The average Bonchev–Trinajstić information content (AvgIpc) is 3.00. The third kappa shape index (κ3) is 2.78. The molecule has 1 saturated heterocycles. The van der Waals surface area contributed by atoms with Gasteiger partial charge in [-0.25, -0.2) is 12.7 Å². The minimum Gasteiger partial charge on any atom is -0.368 e. The van der Waals surface area contributed by atoms with E-state index in [1.807, 2.05) is 0 Å². The maximum Gasteiger partial charge on any atom is 0.237 e. The highest BCUT2D eigenvalue weighted by atomic mass is 32.2. The van der Waals surface area contributed by atoms with E-state index in [0.29, 0.717) is 32.0 Å². The van der Waals surface area contributed by atoms with E-state index >= 15 is 0 Å². The second-order valence-corrected chi connectivity index (χ2v) is 7.01. The van der Waals surface area contributed by atoms with Crippen molar-refractivity contribution in [3.05, 3.63) is 0 Å². The first kappa shape index (κ1) is 12.8. The standard InChI is InChI=1S/C10H19N3O3S/c1-17(15,16)13-6-4-10(5-7-13,9(11)14)12-8-2-3-8/h8,12H,2-7H2,1H3,(H2,11,14). The lowest BCUT2D eigenvalue weighted by molar-refractivity contribution is -0.126. The van der Waals surface area contributed by atoms with Crippen LogP contribution < -0.4 is 11.1 Å². The van der Waals surface area contributed by atoms with Crippen molar-refractivity contribution in [1.82, 2.24) is 9.62 Å².